The molecule has 2 unspecified atom stereocenters. The molecule has 0 heterocycles. The molecule has 0 radical (unpaired) electrons. The lowest BCUT2D eigenvalue weighted by Crippen LogP contribution is -2.27. The summed E-state index contributed by atoms with van der Waals surface area (Å²) in [5.41, 5.74) is 1.58. The van der Waals surface area contributed by atoms with E-state index in [0.717, 1.165) is 18.4 Å². The smallest absolute Gasteiger partial charge is 0.293 e. The van der Waals surface area contributed by atoms with Gasteiger partial charge in [0.15, 0.2) is 0 Å². The van der Waals surface area contributed by atoms with Gasteiger partial charge in [-0.1, -0.05) is 31.5 Å². The number of hydrogen-bond donors (Lipinski definition) is 0. The Morgan fingerprint density at radius 1 is 1.16 bits per heavy atom. The van der Waals surface area contributed by atoms with Crippen LogP contribution < -0.4 is 0 Å². The van der Waals surface area contributed by atoms with Gasteiger partial charge in [-0.15, -0.1) is 0 Å². The van der Waals surface area contributed by atoms with Crippen LogP contribution in [0.15, 0.2) is 24.3 Å². The van der Waals surface area contributed by atoms with Gasteiger partial charge in [-0.05, 0) is 50.2 Å². The molecule has 1 aliphatic rings. The molecule has 19 heavy (non-hydrogen) atoms. The van der Waals surface area contributed by atoms with Gasteiger partial charge >= 0.3 is 5.97 Å². The third-order valence-electron chi connectivity index (χ3n) is 3.65. The molecule has 0 aliphatic heterocycles. The van der Waals surface area contributed by atoms with E-state index in [1.165, 1.54) is 6.42 Å². The Hall–Kier alpha value is -1.35. The summed E-state index contributed by atoms with van der Waals surface area (Å²) in [6.07, 6.45) is 3.19. The van der Waals surface area contributed by atoms with Crippen molar-refractivity contribution in [3.63, 3.8) is 0 Å². The average Bonchev–Trinajstić information content (AvgIpc) is 2.35. The van der Waals surface area contributed by atoms with Crippen molar-refractivity contribution in [2.45, 2.75) is 46.1 Å². The van der Waals surface area contributed by atoms with Crippen molar-refractivity contribution in [2.24, 2.45) is 11.8 Å². The molecule has 0 amide bonds. The van der Waals surface area contributed by atoms with Crippen LogP contribution in [0.5, 0.6) is 0 Å². The first-order chi connectivity index (χ1) is 9.04. The van der Waals surface area contributed by atoms with E-state index >= 15 is 0 Å². The van der Waals surface area contributed by atoms with Crippen LogP contribution in [-0.4, -0.2) is 12.1 Å². The Morgan fingerprint density at radius 3 is 2.47 bits per heavy atom. The topological polar surface area (TPSA) is 35.5 Å². The van der Waals surface area contributed by atoms with E-state index < -0.39 is 5.97 Å². The first-order valence-corrected chi connectivity index (χ1v) is 6.99. The summed E-state index contributed by atoms with van der Waals surface area (Å²) in [5.74, 6) is 0.854. The van der Waals surface area contributed by atoms with E-state index in [9.17, 15) is 4.79 Å². The van der Waals surface area contributed by atoms with Crippen LogP contribution in [0.1, 0.15) is 49.0 Å². The van der Waals surface area contributed by atoms with E-state index in [1.807, 2.05) is 19.1 Å². The standard InChI is InChI=1S/C16H22O3/c1-11-5-4-6-14(8-11)16(17)19-18-15-9-12(2)7-13(3)10-15/h4-6,8,12-13,15H,7,9-10H2,1-3H3. The first-order valence-electron chi connectivity index (χ1n) is 6.99. The van der Waals surface area contributed by atoms with Crippen LogP contribution in [0.4, 0.5) is 0 Å². The summed E-state index contributed by atoms with van der Waals surface area (Å²) in [6, 6.07) is 7.33. The Morgan fingerprint density at radius 2 is 1.84 bits per heavy atom. The zero-order valence-corrected chi connectivity index (χ0v) is 11.9. The van der Waals surface area contributed by atoms with Crippen molar-refractivity contribution in [2.75, 3.05) is 0 Å². The van der Waals surface area contributed by atoms with E-state index in [0.29, 0.717) is 17.4 Å². The molecule has 1 aromatic carbocycles. The summed E-state index contributed by atoms with van der Waals surface area (Å²) in [5, 5.41) is 0. The average molecular weight is 262 g/mol. The Labute approximate surface area is 114 Å². The second-order valence-corrected chi connectivity index (χ2v) is 5.88. The molecule has 0 spiro atoms. The normalized spacial score (nSPS) is 27.0. The number of rotatable bonds is 3. The van der Waals surface area contributed by atoms with Crippen LogP contribution in [-0.2, 0) is 9.78 Å². The van der Waals surface area contributed by atoms with Gasteiger partial charge in [0.25, 0.3) is 0 Å². The van der Waals surface area contributed by atoms with Gasteiger partial charge < -0.3 is 0 Å². The Bertz CT molecular complexity index is 431. The molecule has 104 valence electrons. The molecule has 3 heteroatoms. The van der Waals surface area contributed by atoms with E-state index in [1.54, 1.807) is 12.1 Å². The molecule has 1 fully saturated rings. The lowest BCUT2D eigenvalue weighted by atomic mass is 9.82. The van der Waals surface area contributed by atoms with Crippen LogP contribution in [0.25, 0.3) is 0 Å². The number of aryl methyl sites for hydroxylation is 1. The fourth-order valence-corrected chi connectivity index (χ4v) is 2.88. The SMILES string of the molecule is Cc1cccc(C(=O)OOC2CC(C)CC(C)C2)c1. The number of carbonyl (C=O) groups excluding carboxylic acids is 1. The maximum atomic E-state index is 11.9. The second kappa shape index (κ2) is 6.20. The predicted molar refractivity (Wildman–Crippen MR) is 73.6 cm³/mol. The van der Waals surface area contributed by atoms with Crippen molar-refractivity contribution in [1.82, 2.24) is 0 Å². The van der Waals surface area contributed by atoms with E-state index in [4.69, 9.17) is 9.78 Å². The molecular formula is C16H22O3. The predicted octanol–water partition coefficient (Wildman–Crippen LogP) is 3.91. The van der Waals surface area contributed by atoms with Gasteiger partial charge in [0, 0.05) is 0 Å². The van der Waals surface area contributed by atoms with Crippen molar-refractivity contribution in [1.29, 1.82) is 0 Å². The molecule has 0 N–H and O–H groups in total. The van der Waals surface area contributed by atoms with Crippen LogP contribution in [0.3, 0.4) is 0 Å². The first kappa shape index (κ1) is 14.1. The highest BCUT2D eigenvalue weighted by molar-refractivity contribution is 5.89. The molecule has 0 aromatic heterocycles. The van der Waals surface area contributed by atoms with Crippen molar-refractivity contribution in [3.05, 3.63) is 35.4 Å². The summed E-state index contributed by atoms with van der Waals surface area (Å²) in [7, 11) is 0. The molecular weight excluding hydrogens is 240 g/mol. The molecule has 2 rings (SSSR count). The highest BCUT2D eigenvalue weighted by atomic mass is 17.2. The molecule has 0 saturated heterocycles. The fraction of sp³-hybridized carbons (Fsp3) is 0.562. The molecule has 1 aromatic rings. The van der Waals surface area contributed by atoms with Crippen LogP contribution in [0.2, 0.25) is 0 Å². The minimum atomic E-state index is -0.408. The largest absolute Gasteiger partial charge is 0.373 e. The lowest BCUT2D eigenvalue weighted by Gasteiger charge is -2.29. The molecule has 3 nitrogen and oxygen atoms in total. The highest BCUT2D eigenvalue weighted by Crippen LogP contribution is 2.30. The summed E-state index contributed by atoms with van der Waals surface area (Å²) in [4.78, 5) is 22.2. The number of benzene rings is 1. The van der Waals surface area contributed by atoms with Crippen LogP contribution in [0, 0.1) is 18.8 Å². The summed E-state index contributed by atoms with van der Waals surface area (Å²) < 4.78 is 0. The Kier molecular flexibility index (Phi) is 4.59. The lowest BCUT2D eigenvalue weighted by molar-refractivity contribution is -0.284. The van der Waals surface area contributed by atoms with Gasteiger partial charge in [0.2, 0.25) is 0 Å². The van der Waals surface area contributed by atoms with Gasteiger partial charge in [0.05, 0.1) is 5.56 Å². The monoisotopic (exact) mass is 262 g/mol. The number of carbonyl (C=O) groups is 1. The maximum Gasteiger partial charge on any atom is 0.373 e. The van der Waals surface area contributed by atoms with Crippen molar-refractivity contribution < 1.29 is 14.6 Å². The van der Waals surface area contributed by atoms with Crippen molar-refractivity contribution >= 4 is 5.97 Å². The molecule has 1 aliphatic carbocycles. The fourth-order valence-electron chi connectivity index (χ4n) is 2.88. The van der Waals surface area contributed by atoms with Crippen molar-refractivity contribution in [3.8, 4) is 0 Å². The van der Waals surface area contributed by atoms with Gasteiger partial charge in [-0.2, -0.15) is 4.89 Å². The third-order valence-corrected chi connectivity index (χ3v) is 3.65. The Balaban J connectivity index is 1.86. The second-order valence-electron chi connectivity index (χ2n) is 5.88. The minimum absolute atomic E-state index is 0.0347. The van der Waals surface area contributed by atoms with Gasteiger partial charge in [0.1, 0.15) is 6.10 Å². The van der Waals surface area contributed by atoms with E-state index in [-0.39, 0.29) is 6.10 Å². The summed E-state index contributed by atoms with van der Waals surface area (Å²) in [6.45, 7) is 6.38. The minimum Gasteiger partial charge on any atom is -0.293 e. The molecule has 2 atom stereocenters. The summed E-state index contributed by atoms with van der Waals surface area (Å²) >= 11 is 0. The third kappa shape index (κ3) is 4.06. The quantitative estimate of drug-likeness (QED) is 0.612. The maximum absolute atomic E-state index is 11.9. The molecule has 0 bridgehead atoms. The van der Waals surface area contributed by atoms with Gasteiger partial charge in [-0.25, -0.2) is 4.79 Å². The molecule has 1 saturated carbocycles. The number of hydrogen-bond acceptors (Lipinski definition) is 3. The zero-order valence-electron chi connectivity index (χ0n) is 11.9. The van der Waals surface area contributed by atoms with Crippen LogP contribution >= 0.6 is 0 Å². The van der Waals surface area contributed by atoms with E-state index in [2.05, 4.69) is 13.8 Å². The zero-order chi connectivity index (χ0) is 13.8. The van der Waals surface area contributed by atoms with Gasteiger partial charge in [-0.3, -0.25) is 4.89 Å². The highest BCUT2D eigenvalue weighted by Gasteiger charge is 2.26.